The van der Waals surface area contributed by atoms with Crippen molar-refractivity contribution in [1.82, 2.24) is 4.90 Å². The van der Waals surface area contributed by atoms with Crippen LogP contribution in [0.15, 0.2) is 0 Å². The Morgan fingerprint density at radius 3 is 2.50 bits per heavy atom. The Bertz CT molecular complexity index is 143. The van der Waals surface area contributed by atoms with Gasteiger partial charge in [-0.05, 0) is 25.7 Å². The van der Waals surface area contributed by atoms with Crippen LogP contribution in [0, 0.1) is 0 Å². The molecule has 1 aliphatic heterocycles. The fourth-order valence-electron chi connectivity index (χ4n) is 1.52. The van der Waals surface area contributed by atoms with Crippen molar-refractivity contribution < 1.29 is 4.79 Å². The summed E-state index contributed by atoms with van der Waals surface area (Å²) in [4.78, 5) is 13.5. The van der Waals surface area contributed by atoms with E-state index in [0.717, 1.165) is 24.8 Å². The van der Waals surface area contributed by atoms with Crippen LogP contribution < -0.4 is 0 Å². The van der Waals surface area contributed by atoms with E-state index in [1.807, 2.05) is 4.90 Å². The maximum absolute atomic E-state index is 11.5. The Kier molecular flexibility index (Phi) is 4.66. The summed E-state index contributed by atoms with van der Waals surface area (Å²) >= 11 is 3.33. The number of halogens is 1. The topological polar surface area (TPSA) is 20.3 Å². The number of piperidine rings is 1. The third kappa shape index (κ3) is 3.13. The van der Waals surface area contributed by atoms with Gasteiger partial charge in [-0.25, -0.2) is 0 Å². The van der Waals surface area contributed by atoms with Crippen molar-refractivity contribution in [2.45, 2.75) is 32.1 Å². The van der Waals surface area contributed by atoms with E-state index in [1.165, 1.54) is 19.3 Å². The standard InChI is InChI=1S/C9H16BrNO/c10-6-4-5-9(12)11-7-2-1-3-8-11/h1-8H2. The third-order valence-corrected chi connectivity index (χ3v) is 2.79. The Morgan fingerprint density at radius 2 is 1.92 bits per heavy atom. The number of likely N-dealkylation sites (tertiary alicyclic amines) is 1. The van der Waals surface area contributed by atoms with Gasteiger partial charge in [0.2, 0.25) is 5.91 Å². The molecule has 0 aromatic carbocycles. The van der Waals surface area contributed by atoms with Gasteiger partial charge in [-0.2, -0.15) is 0 Å². The highest BCUT2D eigenvalue weighted by Crippen LogP contribution is 2.10. The van der Waals surface area contributed by atoms with Gasteiger partial charge < -0.3 is 4.90 Å². The second-order valence-corrected chi connectivity index (χ2v) is 4.03. The Balaban J connectivity index is 2.20. The fourth-order valence-corrected chi connectivity index (χ4v) is 1.80. The number of carbonyl (C=O) groups excluding carboxylic acids is 1. The molecule has 0 N–H and O–H groups in total. The zero-order chi connectivity index (χ0) is 8.81. The molecule has 12 heavy (non-hydrogen) atoms. The average molecular weight is 234 g/mol. The molecule has 1 rings (SSSR count). The molecule has 0 bridgehead atoms. The monoisotopic (exact) mass is 233 g/mol. The van der Waals surface area contributed by atoms with Crippen LogP contribution in [0.4, 0.5) is 0 Å². The molecule has 0 radical (unpaired) electrons. The van der Waals surface area contributed by atoms with E-state index in [9.17, 15) is 4.79 Å². The van der Waals surface area contributed by atoms with Gasteiger partial charge >= 0.3 is 0 Å². The molecule has 0 unspecified atom stereocenters. The van der Waals surface area contributed by atoms with Crippen molar-refractivity contribution in [3.8, 4) is 0 Å². The van der Waals surface area contributed by atoms with Crippen molar-refractivity contribution in [2.75, 3.05) is 18.4 Å². The summed E-state index contributed by atoms with van der Waals surface area (Å²) in [6, 6.07) is 0. The molecule has 0 aromatic rings. The van der Waals surface area contributed by atoms with Gasteiger partial charge in [-0.1, -0.05) is 15.9 Å². The van der Waals surface area contributed by atoms with Crippen LogP contribution in [-0.4, -0.2) is 29.2 Å². The third-order valence-electron chi connectivity index (χ3n) is 2.23. The van der Waals surface area contributed by atoms with Crippen LogP contribution in [0.5, 0.6) is 0 Å². The van der Waals surface area contributed by atoms with Gasteiger partial charge in [-0.3, -0.25) is 4.79 Å². The lowest BCUT2D eigenvalue weighted by Crippen LogP contribution is -2.35. The van der Waals surface area contributed by atoms with Crippen molar-refractivity contribution in [2.24, 2.45) is 0 Å². The predicted octanol–water partition coefficient (Wildman–Crippen LogP) is 2.17. The average Bonchev–Trinajstić information content (AvgIpc) is 2.15. The smallest absolute Gasteiger partial charge is 0.222 e. The van der Waals surface area contributed by atoms with Crippen molar-refractivity contribution in [3.05, 3.63) is 0 Å². The van der Waals surface area contributed by atoms with Crippen molar-refractivity contribution >= 4 is 21.8 Å². The van der Waals surface area contributed by atoms with E-state index in [-0.39, 0.29) is 0 Å². The molecule has 0 saturated carbocycles. The molecule has 0 atom stereocenters. The number of amides is 1. The first kappa shape index (κ1) is 10.0. The van der Waals surface area contributed by atoms with E-state index in [4.69, 9.17) is 0 Å². The number of hydrogen-bond donors (Lipinski definition) is 0. The van der Waals surface area contributed by atoms with Gasteiger partial charge in [-0.15, -0.1) is 0 Å². The molecule has 70 valence electrons. The van der Waals surface area contributed by atoms with Crippen molar-refractivity contribution in [3.63, 3.8) is 0 Å². The summed E-state index contributed by atoms with van der Waals surface area (Å²) in [7, 11) is 0. The first-order valence-corrected chi connectivity index (χ1v) is 5.80. The van der Waals surface area contributed by atoms with Gasteiger partial charge in [0.05, 0.1) is 0 Å². The minimum atomic E-state index is 0.342. The number of rotatable bonds is 3. The molecular formula is C9H16BrNO. The van der Waals surface area contributed by atoms with Crippen LogP contribution in [-0.2, 0) is 4.79 Å². The van der Waals surface area contributed by atoms with Crippen LogP contribution >= 0.6 is 15.9 Å². The maximum Gasteiger partial charge on any atom is 0.222 e. The first-order valence-electron chi connectivity index (χ1n) is 4.68. The molecule has 0 aromatic heterocycles. The summed E-state index contributed by atoms with van der Waals surface area (Å²) < 4.78 is 0. The van der Waals surface area contributed by atoms with Crippen LogP contribution in [0.25, 0.3) is 0 Å². The van der Waals surface area contributed by atoms with E-state index < -0.39 is 0 Å². The molecular weight excluding hydrogens is 218 g/mol. The molecule has 1 fully saturated rings. The first-order chi connectivity index (χ1) is 5.84. The Hall–Kier alpha value is -0.0500. The summed E-state index contributed by atoms with van der Waals surface area (Å²) in [5.74, 6) is 0.342. The normalized spacial score (nSPS) is 17.9. The van der Waals surface area contributed by atoms with Gasteiger partial charge in [0, 0.05) is 24.8 Å². The minimum absolute atomic E-state index is 0.342. The lowest BCUT2D eigenvalue weighted by Gasteiger charge is -2.26. The van der Waals surface area contributed by atoms with Crippen LogP contribution in [0.2, 0.25) is 0 Å². The molecule has 0 aliphatic carbocycles. The van der Waals surface area contributed by atoms with E-state index in [2.05, 4.69) is 15.9 Å². The molecule has 1 saturated heterocycles. The number of hydrogen-bond acceptors (Lipinski definition) is 1. The Morgan fingerprint density at radius 1 is 1.25 bits per heavy atom. The summed E-state index contributed by atoms with van der Waals surface area (Å²) in [5.41, 5.74) is 0. The SMILES string of the molecule is O=C(CCCBr)N1CCCCC1. The van der Waals surface area contributed by atoms with Crippen LogP contribution in [0.1, 0.15) is 32.1 Å². The highest BCUT2D eigenvalue weighted by Gasteiger charge is 2.14. The highest BCUT2D eigenvalue weighted by molar-refractivity contribution is 9.09. The minimum Gasteiger partial charge on any atom is -0.343 e. The maximum atomic E-state index is 11.5. The largest absolute Gasteiger partial charge is 0.343 e. The zero-order valence-electron chi connectivity index (χ0n) is 7.39. The molecule has 1 heterocycles. The lowest BCUT2D eigenvalue weighted by atomic mass is 10.1. The van der Waals surface area contributed by atoms with Gasteiger partial charge in [0.1, 0.15) is 0 Å². The van der Waals surface area contributed by atoms with E-state index in [1.54, 1.807) is 0 Å². The lowest BCUT2D eigenvalue weighted by molar-refractivity contribution is -0.132. The van der Waals surface area contributed by atoms with Crippen LogP contribution in [0.3, 0.4) is 0 Å². The van der Waals surface area contributed by atoms with Gasteiger partial charge in [0.15, 0.2) is 0 Å². The Labute approximate surface area is 82.4 Å². The quantitative estimate of drug-likeness (QED) is 0.685. The summed E-state index contributed by atoms with van der Waals surface area (Å²) in [6.07, 6.45) is 5.36. The van der Waals surface area contributed by atoms with E-state index >= 15 is 0 Å². The van der Waals surface area contributed by atoms with Crippen molar-refractivity contribution in [1.29, 1.82) is 0 Å². The molecule has 1 aliphatic rings. The molecule has 1 amide bonds. The summed E-state index contributed by atoms with van der Waals surface area (Å²) in [6.45, 7) is 1.97. The molecule has 0 spiro atoms. The highest BCUT2D eigenvalue weighted by atomic mass is 79.9. The van der Waals surface area contributed by atoms with Gasteiger partial charge in [0.25, 0.3) is 0 Å². The molecule has 3 heteroatoms. The predicted molar refractivity (Wildman–Crippen MR) is 53.5 cm³/mol. The zero-order valence-corrected chi connectivity index (χ0v) is 8.98. The fraction of sp³-hybridized carbons (Fsp3) is 0.889. The number of carbonyl (C=O) groups is 1. The second-order valence-electron chi connectivity index (χ2n) is 3.23. The number of nitrogens with zero attached hydrogens (tertiary/aromatic N) is 1. The number of alkyl halides is 1. The summed E-state index contributed by atoms with van der Waals surface area (Å²) in [5, 5.41) is 0.937. The van der Waals surface area contributed by atoms with E-state index in [0.29, 0.717) is 12.3 Å². The second kappa shape index (κ2) is 5.57. The molecule has 2 nitrogen and oxygen atoms in total.